The van der Waals surface area contributed by atoms with Gasteiger partial charge in [-0.2, -0.15) is 0 Å². The minimum Gasteiger partial charge on any atom is -0.261 e. The molecule has 0 aliphatic carbocycles. The average molecular weight is 236 g/mol. The van der Waals surface area contributed by atoms with Crippen molar-refractivity contribution in [3.63, 3.8) is 0 Å². The van der Waals surface area contributed by atoms with Crippen LogP contribution in [0.3, 0.4) is 0 Å². The first-order valence-electron chi connectivity index (χ1n) is 4.19. The Hall–Kier alpha value is -0.890. The molecule has 1 aromatic carbocycles. The largest absolute Gasteiger partial charge is 0.261 e. The van der Waals surface area contributed by atoms with Crippen molar-refractivity contribution in [1.29, 1.82) is 0 Å². The Morgan fingerprint density at radius 2 is 1.92 bits per heavy atom. The Morgan fingerprint density at radius 3 is 2.69 bits per heavy atom. The molecule has 0 bridgehead atoms. The summed E-state index contributed by atoms with van der Waals surface area (Å²) in [5.74, 6) is 0. The first kappa shape index (κ1) is 8.70. The van der Waals surface area contributed by atoms with Crippen molar-refractivity contribution in [2.45, 2.75) is 13.8 Å². The smallest absolute Gasteiger partial charge is 0.0379 e. The monoisotopic (exact) mass is 235 g/mol. The summed E-state index contributed by atoms with van der Waals surface area (Å²) in [5.41, 5.74) is 2.32. The number of nitrogens with zero attached hydrogens (tertiary/aromatic N) is 1. The first-order chi connectivity index (χ1) is 6.16. The molecule has 2 rings (SSSR count). The van der Waals surface area contributed by atoms with E-state index in [2.05, 4.69) is 46.0 Å². The summed E-state index contributed by atoms with van der Waals surface area (Å²) >= 11 is 3.49. The molecule has 1 heterocycles. The Balaban J connectivity index is 2.86. The molecule has 0 aliphatic heterocycles. The minimum atomic E-state index is 1.06. The predicted molar refractivity (Wildman–Crippen MR) is 58.9 cm³/mol. The molecule has 0 N–H and O–H groups in total. The highest BCUT2D eigenvalue weighted by Crippen LogP contribution is 2.23. The summed E-state index contributed by atoms with van der Waals surface area (Å²) in [5, 5.41) is 2.48. The summed E-state index contributed by atoms with van der Waals surface area (Å²) in [4.78, 5) is 4.28. The molecule has 0 amide bonds. The molecule has 2 heteroatoms. The van der Waals surface area contributed by atoms with Crippen molar-refractivity contribution in [2.24, 2.45) is 0 Å². The number of pyridine rings is 1. The van der Waals surface area contributed by atoms with Crippen LogP contribution in [0.25, 0.3) is 10.8 Å². The van der Waals surface area contributed by atoms with Crippen LogP contribution in [0.5, 0.6) is 0 Å². The van der Waals surface area contributed by atoms with Crippen LogP contribution in [0.15, 0.2) is 28.9 Å². The van der Waals surface area contributed by atoms with Crippen LogP contribution >= 0.6 is 15.9 Å². The molecule has 1 nitrogen and oxygen atoms in total. The number of benzene rings is 1. The fraction of sp³-hybridized carbons (Fsp3) is 0.182. The maximum atomic E-state index is 4.28. The van der Waals surface area contributed by atoms with E-state index in [0.717, 1.165) is 10.2 Å². The lowest BCUT2D eigenvalue weighted by atomic mass is 10.1. The highest BCUT2D eigenvalue weighted by atomic mass is 79.9. The van der Waals surface area contributed by atoms with Crippen molar-refractivity contribution in [3.8, 4) is 0 Å². The molecular formula is C11H10BrN. The molecular weight excluding hydrogens is 226 g/mol. The third-order valence-electron chi connectivity index (χ3n) is 2.15. The van der Waals surface area contributed by atoms with E-state index in [1.165, 1.54) is 16.3 Å². The standard InChI is InChI=1S/C11H10BrN/c1-7-3-10(12)5-9-4-8(2)13-6-11(7)9/h3-6H,1-2H3. The number of fused-ring (bicyclic) bond motifs is 1. The molecule has 0 saturated carbocycles. The van der Waals surface area contributed by atoms with Gasteiger partial charge in [-0.3, -0.25) is 4.98 Å². The van der Waals surface area contributed by atoms with Crippen molar-refractivity contribution < 1.29 is 0 Å². The number of halogens is 1. The van der Waals surface area contributed by atoms with Gasteiger partial charge in [0.15, 0.2) is 0 Å². The third-order valence-corrected chi connectivity index (χ3v) is 2.60. The highest BCUT2D eigenvalue weighted by Gasteiger charge is 1.99. The molecule has 0 aliphatic rings. The van der Waals surface area contributed by atoms with Crippen LogP contribution in [0.2, 0.25) is 0 Å². The summed E-state index contributed by atoms with van der Waals surface area (Å²) in [6, 6.07) is 6.34. The lowest BCUT2D eigenvalue weighted by Crippen LogP contribution is -1.84. The van der Waals surface area contributed by atoms with E-state index in [4.69, 9.17) is 0 Å². The second-order valence-corrected chi connectivity index (χ2v) is 4.19. The summed E-state index contributed by atoms with van der Waals surface area (Å²) in [7, 11) is 0. The normalized spacial score (nSPS) is 10.7. The lowest BCUT2D eigenvalue weighted by Gasteiger charge is -2.03. The van der Waals surface area contributed by atoms with Crippen molar-refractivity contribution in [2.75, 3.05) is 0 Å². The molecule has 2 aromatic rings. The van der Waals surface area contributed by atoms with Gasteiger partial charge >= 0.3 is 0 Å². The van der Waals surface area contributed by atoms with Crippen LogP contribution < -0.4 is 0 Å². The number of aryl methyl sites for hydroxylation is 2. The Bertz CT molecular complexity index is 458. The fourth-order valence-corrected chi connectivity index (χ4v) is 2.09. The number of aromatic nitrogens is 1. The second kappa shape index (κ2) is 3.11. The van der Waals surface area contributed by atoms with Crippen molar-refractivity contribution in [1.82, 2.24) is 4.98 Å². The summed E-state index contributed by atoms with van der Waals surface area (Å²) in [6.45, 7) is 4.11. The minimum absolute atomic E-state index is 1.06. The zero-order valence-electron chi connectivity index (χ0n) is 7.63. The Morgan fingerprint density at radius 1 is 1.15 bits per heavy atom. The molecule has 0 saturated heterocycles. The van der Waals surface area contributed by atoms with Gasteiger partial charge in [0.1, 0.15) is 0 Å². The van der Waals surface area contributed by atoms with E-state index in [-0.39, 0.29) is 0 Å². The molecule has 0 radical (unpaired) electrons. The summed E-state index contributed by atoms with van der Waals surface area (Å²) < 4.78 is 1.13. The highest BCUT2D eigenvalue weighted by molar-refractivity contribution is 9.10. The SMILES string of the molecule is Cc1cc2cc(Br)cc(C)c2cn1. The second-order valence-electron chi connectivity index (χ2n) is 3.27. The van der Waals surface area contributed by atoms with Gasteiger partial charge in [-0.25, -0.2) is 0 Å². The first-order valence-corrected chi connectivity index (χ1v) is 4.98. The fourth-order valence-electron chi connectivity index (χ4n) is 1.50. The van der Waals surface area contributed by atoms with E-state index >= 15 is 0 Å². The van der Waals surface area contributed by atoms with Crippen LogP contribution in [-0.4, -0.2) is 4.98 Å². The zero-order valence-corrected chi connectivity index (χ0v) is 9.22. The van der Waals surface area contributed by atoms with Crippen molar-refractivity contribution >= 4 is 26.7 Å². The Kier molecular flexibility index (Phi) is 2.08. The predicted octanol–water partition coefficient (Wildman–Crippen LogP) is 3.61. The molecule has 1 aromatic heterocycles. The van der Waals surface area contributed by atoms with Gasteiger partial charge in [-0.05, 0) is 43.0 Å². The van der Waals surface area contributed by atoms with E-state index in [0.29, 0.717) is 0 Å². The van der Waals surface area contributed by atoms with Crippen molar-refractivity contribution in [3.05, 3.63) is 40.1 Å². The van der Waals surface area contributed by atoms with Gasteiger partial charge in [0.25, 0.3) is 0 Å². The third kappa shape index (κ3) is 1.59. The van der Waals surface area contributed by atoms with E-state index < -0.39 is 0 Å². The van der Waals surface area contributed by atoms with Crippen LogP contribution in [0, 0.1) is 13.8 Å². The molecule has 0 atom stereocenters. The molecule has 66 valence electrons. The van der Waals surface area contributed by atoms with Gasteiger partial charge in [-0.1, -0.05) is 15.9 Å². The van der Waals surface area contributed by atoms with Gasteiger partial charge < -0.3 is 0 Å². The number of hydrogen-bond acceptors (Lipinski definition) is 1. The van der Waals surface area contributed by atoms with Crippen LogP contribution in [-0.2, 0) is 0 Å². The maximum absolute atomic E-state index is 4.28. The maximum Gasteiger partial charge on any atom is 0.0379 e. The molecule has 13 heavy (non-hydrogen) atoms. The van der Waals surface area contributed by atoms with E-state index in [1.807, 2.05) is 13.1 Å². The zero-order chi connectivity index (χ0) is 9.42. The van der Waals surface area contributed by atoms with Gasteiger partial charge in [0.2, 0.25) is 0 Å². The topological polar surface area (TPSA) is 12.9 Å². The number of rotatable bonds is 0. The lowest BCUT2D eigenvalue weighted by molar-refractivity contribution is 1.22. The van der Waals surface area contributed by atoms with Crippen LogP contribution in [0.1, 0.15) is 11.3 Å². The van der Waals surface area contributed by atoms with Gasteiger partial charge in [0, 0.05) is 21.7 Å². The quantitative estimate of drug-likeness (QED) is 0.680. The average Bonchev–Trinajstić information content (AvgIpc) is 2.02. The molecule has 0 unspecified atom stereocenters. The number of hydrogen-bond donors (Lipinski definition) is 0. The molecule has 0 fully saturated rings. The van der Waals surface area contributed by atoms with E-state index in [1.54, 1.807) is 0 Å². The van der Waals surface area contributed by atoms with Gasteiger partial charge in [-0.15, -0.1) is 0 Å². The summed E-state index contributed by atoms with van der Waals surface area (Å²) in [6.07, 6.45) is 1.94. The Labute approximate surface area is 85.9 Å². The molecule has 0 spiro atoms. The van der Waals surface area contributed by atoms with Crippen LogP contribution in [0.4, 0.5) is 0 Å². The van der Waals surface area contributed by atoms with Gasteiger partial charge in [0.05, 0.1) is 0 Å². The van der Waals surface area contributed by atoms with E-state index in [9.17, 15) is 0 Å².